The average molecular weight is 325 g/mol. The first-order valence-corrected chi connectivity index (χ1v) is 10.2. The van der Waals surface area contributed by atoms with Crippen molar-refractivity contribution in [1.29, 1.82) is 0 Å². The van der Waals surface area contributed by atoms with Gasteiger partial charge in [-0.3, -0.25) is 4.99 Å². The lowest BCUT2D eigenvalue weighted by atomic mass is 10.0. The predicted molar refractivity (Wildman–Crippen MR) is 101 cm³/mol. The van der Waals surface area contributed by atoms with Crippen LogP contribution in [0.3, 0.4) is 0 Å². The molecule has 1 atom stereocenters. The van der Waals surface area contributed by atoms with E-state index >= 15 is 0 Å². The van der Waals surface area contributed by atoms with Crippen molar-refractivity contribution in [3.05, 3.63) is 0 Å². The number of amidine groups is 1. The quantitative estimate of drug-likeness (QED) is 0.422. The first kappa shape index (κ1) is 20.5. The van der Waals surface area contributed by atoms with Gasteiger partial charge in [0.2, 0.25) is 0 Å². The fourth-order valence-electron chi connectivity index (χ4n) is 3.41. The van der Waals surface area contributed by atoms with Crippen LogP contribution in [0, 0.1) is 0 Å². The Morgan fingerprint density at radius 1 is 0.913 bits per heavy atom. The van der Waals surface area contributed by atoms with Crippen LogP contribution >= 0.6 is 0 Å². The molecule has 0 spiro atoms. The second-order valence-corrected chi connectivity index (χ2v) is 7.23. The normalized spacial score (nSPS) is 16.0. The average Bonchev–Trinajstić information content (AvgIpc) is 2.95. The summed E-state index contributed by atoms with van der Waals surface area (Å²) >= 11 is 0. The van der Waals surface area contributed by atoms with E-state index in [0.29, 0.717) is 0 Å². The summed E-state index contributed by atoms with van der Waals surface area (Å²) < 4.78 is 0. The summed E-state index contributed by atoms with van der Waals surface area (Å²) in [5.41, 5.74) is 0. The van der Waals surface area contributed by atoms with Gasteiger partial charge in [-0.05, 0) is 13.3 Å². The van der Waals surface area contributed by atoms with E-state index in [4.69, 9.17) is 0 Å². The predicted octanol–water partition coefficient (Wildman–Crippen LogP) is 5.17. The Hall–Kier alpha value is -0.570. The molecule has 3 nitrogen and oxygen atoms in total. The standard InChI is InChI=1S/C20H40N2O/c1-3-4-5-6-7-8-9-10-11-12-13-14-15-20-21-16-17-22(20)18-19(2)23/h19,23H,3-18H2,1-2H3. The van der Waals surface area contributed by atoms with E-state index in [9.17, 15) is 5.11 Å². The molecule has 0 aliphatic carbocycles. The number of nitrogens with zero attached hydrogens (tertiary/aromatic N) is 2. The Morgan fingerprint density at radius 2 is 1.43 bits per heavy atom. The Balaban J connectivity index is 1.86. The van der Waals surface area contributed by atoms with Gasteiger partial charge < -0.3 is 10.0 Å². The second kappa shape index (κ2) is 13.8. The minimum atomic E-state index is -0.250. The van der Waals surface area contributed by atoms with E-state index in [1.54, 1.807) is 0 Å². The summed E-state index contributed by atoms with van der Waals surface area (Å²) in [6.45, 7) is 6.81. The lowest BCUT2D eigenvalue weighted by Crippen LogP contribution is -2.34. The fraction of sp³-hybridized carbons (Fsp3) is 0.950. The van der Waals surface area contributed by atoms with E-state index in [2.05, 4.69) is 16.8 Å². The number of aliphatic hydroxyl groups excluding tert-OH is 1. The molecule has 0 amide bonds. The molecule has 1 heterocycles. The van der Waals surface area contributed by atoms with Crippen LogP contribution in [0.1, 0.15) is 97.3 Å². The zero-order valence-corrected chi connectivity index (χ0v) is 15.7. The minimum Gasteiger partial charge on any atom is -0.392 e. The van der Waals surface area contributed by atoms with Gasteiger partial charge in [-0.15, -0.1) is 0 Å². The zero-order valence-electron chi connectivity index (χ0n) is 15.7. The molecule has 1 aliphatic heterocycles. The van der Waals surface area contributed by atoms with Crippen molar-refractivity contribution in [3.63, 3.8) is 0 Å². The molecule has 0 aromatic heterocycles. The van der Waals surface area contributed by atoms with Crippen LogP contribution in [-0.4, -0.2) is 41.6 Å². The molecule has 0 aromatic carbocycles. The van der Waals surface area contributed by atoms with Crippen LogP contribution in [0.4, 0.5) is 0 Å². The molecule has 1 rings (SSSR count). The highest BCUT2D eigenvalue weighted by Gasteiger charge is 2.17. The summed E-state index contributed by atoms with van der Waals surface area (Å²) in [6, 6.07) is 0. The topological polar surface area (TPSA) is 35.8 Å². The first-order chi connectivity index (χ1) is 11.2. The fourth-order valence-corrected chi connectivity index (χ4v) is 3.41. The molecule has 0 aromatic rings. The number of hydrogen-bond donors (Lipinski definition) is 1. The van der Waals surface area contributed by atoms with E-state index in [1.807, 2.05) is 6.92 Å². The SMILES string of the molecule is CCCCCCCCCCCCCCC1=NCCN1CC(C)O. The third-order valence-electron chi connectivity index (χ3n) is 4.77. The zero-order chi connectivity index (χ0) is 16.8. The lowest BCUT2D eigenvalue weighted by Gasteiger charge is -2.21. The molecule has 0 saturated heterocycles. The molecule has 1 unspecified atom stereocenters. The summed E-state index contributed by atoms with van der Waals surface area (Å²) in [5.74, 6) is 1.23. The van der Waals surface area contributed by atoms with Crippen molar-refractivity contribution in [3.8, 4) is 0 Å². The maximum Gasteiger partial charge on any atom is 0.0991 e. The van der Waals surface area contributed by atoms with E-state index in [1.165, 1.54) is 82.9 Å². The van der Waals surface area contributed by atoms with Crippen LogP contribution in [0.25, 0.3) is 0 Å². The number of hydrogen-bond acceptors (Lipinski definition) is 3. The molecule has 1 N–H and O–H groups in total. The van der Waals surface area contributed by atoms with Crippen LogP contribution in [0.2, 0.25) is 0 Å². The lowest BCUT2D eigenvalue weighted by molar-refractivity contribution is 0.162. The Kier molecular flexibility index (Phi) is 12.3. The van der Waals surface area contributed by atoms with Gasteiger partial charge in [0.1, 0.15) is 0 Å². The van der Waals surface area contributed by atoms with Crippen LogP contribution < -0.4 is 0 Å². The number of β-amino-alcohol motifs (C(OH)–C–C–N with tert-alkyl or cyclic N) is 1. The summed E-state index contributed by atoms with van der Waals surface area (Å²) in [6.07, 6.45) is 17.6. The van der Waals surface area contributed by atoms with Crippen molar-refractivity contribution in [2.24, 2.45) is 4.99 Å². The van der Waals surface area contributed by atoms with Crippen molar-refractivity contribution in [1.82, 2.24) is 4.90 Å². The van der Waals surface area contributed by atoms with Gasteiger partial charge in [0.15, 0.2) is 0 Å². The number of aliphatic hydroxyl groups is 1. The maximum absolute atomic E-state index is 9.51. The largest absolute Gasteiger partial charge is 0.392 e. The van der Waals surface area contributed by atoms with E-state index in [0.717, 1.165) is 26.1 Å². The molecule has 0 radical (unpaired) electrons. The van der Waals surface area contributed by atoms with Gasteiger partial charge in [0.25, 0.3) is 0 Å². The highest BCUT2D eigenvalue weighted by atomic mass is 16.3. The molecule has 136 valence electrons. The monoisotopic (exact) mass is 324 g/mol. The van der Waals surface area contributed by atoms with Gasteiger partial charge in [0, 0.05) is 19.5 Å². The van der Waals surface area contributed by atoms with Crippen molar-refractivity contribution in [2.75, 3.05) is 19.6 Å². The Labute approximate surface area is 144 Å². The van der Waals surface area contributed by atoms with Gasteiger partial charge in [-0.25, -0.2) is 0 Å². The highest BCUT2D eigenvalue weighted by Crippen LogP contribution is 2.14. The number of rotatable bonds is 15. The summed E-state index contributed by atoms with van der Waals surface area (Å²) in [5, 5.41) is 9.51. The summed E-state index contributed by atoms with van der Waals surface area (Å²) in [7, 11) is 0. The van der Waals surface area contributed by atoms with Crippen molar-refractivity contribution < 1.29 is 5.11 Å². The highest BCUT2D eigenvalue weighted by molar-refractivity contribution is 5.83. The van der Waals surface area contributed by atoms with Crippen LogP contribution in [0.15, 0.2) is 4.99 Å². The molecule has 0 bridgehead atoms. The second-order valence-electron chi connectivity index (χ2n) is 7.23. The minimum absolute atomic E-state index is 0.250. The van der Waals surface area contributed by atoms with Crippen molar-refractivity contribution >= 4 is 5.84 Å². The molecular formula is C20H40N2O. The van der Waals surface area contributed by atoms with Gasteiger partial charge in [-0.2, -0.15) is 0 Å². The van der Waals surface area contributed by atoms with Gasteiger partial charge in [-0.1, -0.05) is 77.6 Å². The maximum atomic E-state index is 9.51. The Morgan fingerprint density at radius 3 is 1.96 bits per heavy atom. The first-order valence-electron chi connectivity index (χ1n) is 10.2. The molecule has 0 fully saturated rings. The smallest absolute Gasteiger partial charge is 0.0991 e. The molecule has 23 heavy (non-hydrogen) atoms. The third-order valence-corrected chi connectivity index (χ3v) is 4.77. The van der Waals surface area contributed by atoms with Crippen molar-refractivity contribution in [2.45, 2.75) is 103 Å². The molecular weight excluding hydrogens is 284 g/mol. The molecule has 0 saturated carbocycles. The van der Waals surface area contributed by atoms with E-state index < -0.39 is 0 Å². The molecule has 3 heteroatoms. The molecule has 1 aliphatic rings. The van der Waals surface area contributed by atoms with Gasteiger partial charge in [0.05, 0.1) is 18.5 Å². The van der Waals surface area contributed by atoms with Crippen LogP contribution in [0.5, 0.6) is 0 Å². The van der Waals surface area contributed by atoms with Crippen LogP contribution in [-0.2, 0) is 0 Å². The van der Waals surface area contributed by atoms with Gasteiger partial charge >= 0.3 is 0 Å². The number of aliphatic imine (C=N–C) groups is 1. The number of unbranched alkanes of at least 4 members (excludes halogenated alkanes) is 11. The summed E-state index contributed by atoms with van der Waals surface area (Å²) in [4.78, 5) is 6.86. The van der Waals surface area contributed by atoms with E-state index in [-0.39, 0.29) is 6.10 Å². The Bertz CT molecular complexity index is 302. The third kappa shape index (κ3) is 10.8.